The lowest BCUT2D eigenvalue weighted by molar-refractivity contribution is 0.252. The first-order chi connectivity index (χ1) is 10.1. The number of hydrogen-bond acceptors (Lipinski definition) is 3. The van der Waals surface area contributed by atoms with Crippen molar-refractivity contribution < 1.29 is 8.78 Å². The summed E-state index contributed by atoms with van der Waals surface area (Å²) in [6.07, 6.45) is 3.13. The number of halogens is 2. The van der Waals surface area contributed by atoms with Crippen LogP contribution in [0.1, 0.15) is 33.1 Å². The third-order valence-corrected chi connectivity index (χ3v) is 5.15. The van der Waals surface area contributed by atoms with Gasteiger partial charge in [0, 0.05) is 23.5 Å². The Bertz CT molecular complexity index is 450. The number of para-hydroxylation sites is 1. The van der Waals surface area contributed by atoms with Crippen molar-refractivity contribution in [1.29, 1.82) is 0 Å². The first kappa shape index (κ1) is 16.6. The number of alkyl halides is 2. The standard InChI is InChI=1S/C16H24F2N2S/c1-3-16(4-2)12-20(11-7-10-19-16)13-8-5-6-9-14(13)21-15(17)18/h5-6,8-9,15,19H,3-4,7,10-12H2,1-2H3. The second-order valence-corrected chi connectivity index (χ2v) is 6.57. The molecule has 0 radical (unpaired) electrons. The van der Waals surface area contributed by atoms with Crippen molar-refractivity contribution in [2.45, 2.75) is 49.3 Å². The monoisotopic (exact) mass is 314 g/mol. The number of hydrogen-bond donors (Lipinski definition) is 1. The van der Waals surface area contributed by atoms with Crippen molar-refractivity contribution in [2.75, 3.05) is 24.5 Å². The molecule has 1 heterocycles. The second kappa shape index (κ2) is 7.45. The molecule has 1 aromatic rings. The molecule has 0 spiro atoms. The minimum Gasteiger partial charge on any atom is -0.369 e. The van der Waals surface area contributed by atoms with Gasteiger partial charge in [-0.15, -0.1) is 0 Å². The van der Waals surface area contributed by atoms with E-state index >= 15 is 0 Å². The topological polar surface area (TPSA) is 15.3 Å². The maximum atomic E-state index is 12.8. The Morgan fingerprint density at radius 2 is 2.00 bits per heavy atom. The first-order valence-corrected chi connectivity index (χ1v) is 8.52. The molecule has 2 nitrogen and oxygen atoms in total. The van der Waals surface area contributed by atoms with E-state index in [1.807, 2.05) is 18.2 Å². The van der Waals surface area contributed by atoms with Gasteiger partial charge in [-0.05, 0) is 37.9 Å². The number of thioether (sulfide) groups is 1. The molecular formula is C16H24F2N2S. The van der Waals surface area contributed by atoms with Gasteiger partial charge in [-0.3, -0.25) is 0 Å². The molecule has 1 aromatic carbocycles. The fraction of sp³-hybridized carbons (Fsp3) is 0.625. The quantitative estimate of drug-likeness (QED) is 0.813. The van der Waals surface area contributed by atoms with Crippen molar-refractivity contribution in [3.63, 3.8) is 0 Å². The van der Waals surface area contributed by atoms with Crippen molar-refractivity contribution in [2.24, 2.45) is 0 Å². The summed E-state index contributed by atoms with van der Waals surface area (Å²) in [4.78, 5) is 2.95. The zero-order chi connectivity index (χ0) is 15.3. The van der Waals surface area contributed by atoms with E-state index in [0.29, 0.717) is 16.7 Å². The third kappa shape index (κ3) is 4.10. The predicted octanol–water partition coefficient (Wildman–Crippen LogP) is 4.36. The van der Waals surface area contributed by atoms with Gasteiger partial charge < -0.3 is 10.2 Å². The summed E-state index contributed by atoms with van der Waals surface area (Å²) in [5, 5.41) is 3.66. The highest BCUT2D eigenvalue weighted by molar-refractivity contribution is 7.99. The van der Waals surface area contributed by atoms with Crippen LogP contribution < -0.4 is 10.2 Å². The lowest BCUT2D eigenvalue weighted by atomic mass is 9.92. The SMILES string of the molecule is CCC1(CC)CN(c2ccccc2SC(F)F)CCCN1. The normalized spacial score (nSPS) is 18.8. The molecule has 0 aliphatic carbocycles. The van der Waals surface area contributed by atoms with Gasteiger partial charge in [0.05, 0.1) is 5.69 Å². The fourth-order valence-electron chi connectivity index (χ4n) is 2.97. The Labute approximate surface area is 130 Å². The molecule has 5 heteroatoms. The van der Waals surface area contributed by atoms with Gasteiger partial charge in [0.2, 0.25) is 0 Å². The van der Waals surface area contributed by atoms with Crippen LogP contribution >= 0.6 is 11.8 Å². The molecule has 1 aliphatic heterocycles. The molecule has 21 heavy (non-hydrogen) atoms. The smallest absolute Gasteiger partial charge is 0.288 e. The molecule has 2 rings (SSSR count). The van der Waals surface area contributed by atoms with Crippen LogP contribution in [-0.2, 0) is 0 Å². The molecule has 1 fully saturated rings. The number of nitrogens with one attached hydrogen (secondary N) is 1. The maximum Gasteiger partial charge on any atom is 0.288 e. The van der Waals surface area contributed by atoms with E-state index in [0.717, 1.165) is 44.6 Å². The van der Waals surface area contributed by atoms with Gasteiger partial charge >= 0.3 is 0 Å². The maximum absolute atomic E-state index is 12.8. The summed E-state index contributed by atoms with van der Waals surface area (Å²) in [6, 6.07) is 7.52. The van der Waals surface area contributed by atoms with Crippen LogP contribution in [0.25, 0.3) is 0 Å². The average Bonchev–Trinajstić information content (AvgIpc) is 2.70. The van der Waals surface area contributed by atoms with Crippen LogP contribution in [0.2, 0.25) is 0 Å². The minimum absolute atomic E-state index is 0.0824. The average molecular weight is 314 g/mol. The molecule has 1 N–H and O–H groups in total. The summed E-state index contributed by atoms with van der Waals surface area (Å²) in [6.45, 7) is 7.17. The van der Waals surface area contributed by atoms with Gasteiger partial charge in [0.15, 0.2) is 0 Å². The van der Waals surface area contributed by atoms with Crippen molar-refractivity contribution in [3.05, 3.63) is 24.3 Å². The molecular weight excluding hydrogens is 290 g/mol. The van der Waals surface area contributed by atoms with E-state index in [-0.39, 0.29) is 5.54 Å². The Balaban J connectivity index is 2.27. The van der Waals surface area contributed by atoms with Gasteiger partial charge in [-0.2, -0.15) is 8.78 Å². The lowest BCUT2D eigenvalue weighted by Crippen LogP contribution is -2.50. The van der Waals surface area contributed by atoms with Crippen molar-refractivity contribution in [3.8, 4) is 0 Å². The van der Waals surface area contributed by atoms with E-state index in [4.69, 9.17) is 0 Å². The molecule has 0 bridgehead atoms. The van der Waals surface area contributed by atoms with Gasteiger partial charge in [-0.25, -0.2) is 0 Å². The molecule has 0 amide bonds. The van der Waals surface area contributed by atoms with Crippen LogP contribution in [0.5, 0.6) is 0 Å². The number of anilines is 1. The second-order valence-electron chi connectivity index (χ2n) is 5.54. The molecule has 1 saturated heterocycles. The van der Waals surface area contributed by atoms with Crippen molar-refractivity contribution in [1.82, 2.24) is 5.32 Å². The molecule has 0 unspecified atom stereocenters. The molecule has 0 atom stereocenters. The predicted molar refractivity (Wildman–Crippen MR) is 86.4 cm³/mol. The first-order valence-electron chi connectivity index (χ1n) is 7.64. The Kier molecular flexibility index (Phi) is 5.88. The van der Waals surface area contributed by atoms with E-state index < -0.39 is 5.76 Å². The number of rotatable bonds is 5. The Hall–Kier alpha value is -0.810. The minimum atomic E-state index is -2.38. The lowest BCUT2D eigenvalue weighted by Gasteiger charge is -2.37. The summed E-state index contributed by atoms with van der Waals surface area (Å²) in [5.41, 5.74) is 1.02. The third-order valence-electron chi connectivity index (χ3n) is 4.37. The van der Waals surface area contributed by atoms with Gasteiger partial charge in [-0.1, -0.05) is 37.7 Å². The van der Waals surface area contributed by atoms with E-state index in [2.05, 4.69) is 24.1 Å². The zero-order valence-corrected chi connectivity index (χ0v) is 13.6. The summed E-state index contributed by atoms with van der Waals surface area (Å²) in [5.74, 6) is -2.38. The fourth-order valence-corrected chi connectivity index (χ4v) is 3.63. The molecule has 0 aromatic heterocycles. The highest BCUT2D eigenvalue weighted by Crippen LogP contribution is 2.35. The Morgan fingerprint density at radius 3 is 2.67 bits per heavy atom. The summed E-state index contributed by atoms with van der Waals surface area (Å²) < 4.78 is 25.5. The van der Waals surface area contributed by atoms with E-state index in [1.165, 1.54) is 0 Å². The highest BCUT2D eigenvalue weighted by Gasteiger charge is 2.31. The highest BCUT2D eigenvalue weighted by atomic mass is 32.2. The summed E-state index contributed by atoms with van der Waals surface area (Å²) in [7, 11) is 0. The van der Waals surface area contributed by atoms with Crippen LogP contribution in [-0.4, -0.2) is 30.9 Å². The van der Waals surface area contributed by atoms with Crippen LogP contribution in [0.15, 0.2) is 29.2 Å². The summed E-state index contributed by atoms with van der Waals surface area (Å²) >= 11 is 0.645. The van der Waals surface area contributed by atoms with Crippen molar-refractivity contribution >= 4 is 17.4 Å². The van der Waals surface area contributed by atoms with Gasteiger partial charge in [0.25, 0.3) is 5.76 Å². The zero-order valence-electron chi connectivity index (χ0n) is 12.7. The molecule has 1 aliphatic rings. The van der Waals surface area contributed by atoms with E-state index in [9.17, 15) is 8.78 Å². The largest absolute Gasteiger partial charge is 0.369 e. The molecule has 0 saturated carbocycles. The number of nitrogens with zero attached hydrogens (tertiary/aromatic N) is 1. The van der Waals surface area contributed by atoms with Crippen LogP contribution in [0.3, 0.4) is 0 Å². The number of benzene rings is 1. The Morgan fingerprint density at radius 1 is 1.29 bits per heavy atom. The molecule has 118 valence electrons. The van der Waals surface area contributed by atoms with Gasteiger partial charge in [0.1, 0.15) is 0 Å². The van der Waals surface area contributed by atoms with Crippen LogP contribution in [0, 0.1) is 0 Å². The van der Waals surface area contributed by atoms with Crippen LogP contribution in [0.4, 0.5) is 14.5 Å². The van der Waals surface area contributed by atoms with E-state index in [1.54, 1.807) is 6.07 Å².